The third-order valence-electron chi connectivity index (χ3n) is 9.93. The first kappa shape index (κ1) is 34.6. The molecule has 3 amide bonds. The molecule has 0 unspecified atom stereocenters. The van der Waals surface area contributed by atoms with E-state index in [0.717, 1.165) is 5.56 Å². The van der Waals surface area contributed by atoms with Crippen LogP contribution in [0.5, 0.6) is 0 Å². The second kappa shape index (κ2) is 12.9. The van der Waals surface area contributed by atoms with E-state index in [2.05, 4.69) is 25.7 Å². The summed E-state index contributed by atoms with van der Waals surface area (Å²) in [6.07, 6.45) is 0.165. The molecule has 2 heterocycles. The normalized spacial score (nSPS) is 26.6. The van der Waals surface area contributed by atoms with E-state index in [1.165, 1.54) is 0 Å². The SMILES string of the molecule is CCN(C)C(=O)[C@@H]1C[C@H](N(C(=O)C(C)(C)C)C2CCC(F)(F)CC2)CN1C(=O)[C@@H]1CN(C(C)(C)C)C[C@H]1c1ccc(Cl)cc1. The van der Waals surface area contributed by atoms with Crippen molar-refractivity contribution in [3.63, 3.8) is 0 Å². The molecule has 1 aliphatic carbocycles. The van der Waals surface area contributed by atoms with Crippen molar-refractivity contribution < 1.29 is 23.2 Å². The van der Waals surface area contributed by atoms with Gasteiger partial charge in [0, 0.05) is 74.0 Å². The number of likely N-dealkylation sites (tertiary alicyclic amines) is 2. The maximum Gasteiger partial charge on any atom is 0.248 e. The molecule has 7 nitrogen and oxygen atoms in total. The first-order valence-corrected chi connectivity index (χ1v) is 16.5. The number of benzene rings is 1. The van der Waals surface area contributed by atoms with Crippen molar-refractivity contribution in [2.24, 2.45) is 11.3 Å². The summed E-state index contributed by atoms with van der Waals surface area (Å²) in [5.74, 6) is -3.59. The van der Waals surface area contributed by atoms with Gasteiger partial charge in [-0.25, -0.2) is 8.78 Å². The van der Waals surface area contributed by atoms with Gasteiger partial charge >= 0.3 is 0 Å². The van der Waals surface area contributed by atoms with E-state index in [4.69, 9.17) is 11.6 Å². The molecule has 0 radical (unpaired) electrons. The van der Waals surface area contributed by atoms with Crippen LogP contribution >= 0.6 is 11.6 Å². The minimum atomic E-state index is -2.73. The Morgan fingerprint density at radius 3 is 2.07 bits per heavy atom. The number of carbonyl (C=O) groups is 3. The average Bonchev–Trinajstić information content (AvgIpc) is 3.58. The highest BCUT2D eigenvalue weighted by molar-refractivity contribution is 6.30. The standard InChI is InChI=1S/C34H51ClF2N4O3/c1-9-38(8)30(43)28-18-25(41(31(44)32(2,3)4)24-14-16-34(36,37)17-15-24)19-40(28)29(42)27-21-39(33(5,6)7)20-26(27)22-10-12-23(35)13-11-22/h10-13,24-28H,9,14-21H2,1-8H3/t25-,26-,27+,28-/m0/s1. The van der Waals surface area contributed by atoms with E-state index < -0.39 is 29.3 Å². The Labute approximate surface area is 267 Å². The lowest BCUT2D eigenvalue weighted by molar-refractivity contribution is -0.149. The van der Waals surface area contributed by atoms with Gasteiger partial charge < -0.3 is 14.7 Å². The number of nitrogens with zero attached hydrogens (tertiary/aromatic N) is 4. The number of hydrogen-bond acceptors (Lipinski definition) is 4. The number of carbonyl (C=O) groups excluding carboxylic acids is 3. The van der Waals surface area contributed by atoms with Crippen molar-refractivity contribution in [1.82, 2.24) is 19.6 Å². The number of likely N-dealkylation sites (N-methyl/N-ethyl adjacent to an activating group) is 1. The maximum absolute atomic E-state index is 14.7. The molecule has 4 rings (SSSR count). The molecule has 1 aromatic rings. The summed E-state index contributed by atoms with van der Waals surface area (Å²) in [7, 11) is 1.73. The molecule has 10 heteroatoms. The topological polar surface area (TPSA) is 64.2 Å². The molecule has 0 aromatic heterocycles. The maximum atomic E-state index is 14.7. The van der Waals surface area contributed by atoms with Gasteiger partial charge in [-0.3, -0.25) is 19.3 Å². The molecular weight excluding hydrogens is 586 g/mol. The van der Waals surface area contributed by atoms with Crippen LogP contribution in [0, 0.1) is 11.3 Å². The Balaban J connectivity index is 1.70. The molecule has 2 saturated heterocycles. The molecule has 1 aromatic carbocycles. The monoisotopic (exact) mass is 636 g/mol. The Morgan fingerprint density at radius 2 is 1.55 bits per heavy atom. The van der Waals surface area contributed by atoms with E-state index in [0.29, 0.717) is 31.1 Å². The molecule has 0 N–H and O–H groups in total. The van der Waals surface area contributed by atoms with Crippen LogP contribution < -0.4 is 0 Å². The van der Waals surface area contributed by atoms with Crippen LogP contribution in [0.15, 0.2) is 24.3 Å². The summed E-state index contributed by atoms with van der Waals surface area (Å²) in [4.78, 5) is 49.9. The van der Waals surface area contributed by atoms with Crippen molar-refractivity contribution in [3.8, 4) is 0 Å². The lowest BCUT2D eigenvalue weighted by Gasteiger charge is -2.43. The highest BCUT2D eigenvalue weighted by atomic mass is 35.5. The molecule has 0 bridgehead atoms. The van der Waals surface area contributed by atoms with Crippen LogP contribution in [-0.2, 0) is 14.4 Å². The van der Waals surface area contributed by atoms with Gasteiger partial charge in [0.05, 0.1) is 12.0 Å². The van der Waals surface area contributed by atoms with Crippen LogP contribution in [0.4, 0.5) is 8.78 Å². The van der Waals surface area contributed by atoms with Gasteiger partial charge in [0.25, 0.3) is 0 Å². The van der Waals surface area contributed by atoms with E-state index in [9.17, 15) is 23.2 Å². The number of hydrogen-bond donors (Lipinski definition) is 0. The first-order chi connectivity index (χ1) is 20.3. The molecule has 2 aliphatic heterocycles. The van der Waals surface area contributed by atoms with Gasteiger partial charge in [-0.05, 0) is 64.7 Å². The van der Waals surface area contributed by atoms with Crippen LogP contribution in [0.3, 0.4) is 0 Å². The number of rotatable bonds is 6. The van der Waals surface area contributed by atoms with Crippen molar-refractivity contribution in [3.05, 3.63) is 34.9 Å². The van der Waals surface area contributed by atoms with Gasteiger partial charge in [-0.1, -0.05) is 44.5 Å². The number of amides is 3. The smallest absolute Gasteiger partial charge is 0.248 e. The molecule has 44 heavy (non-hydrogen) atoms. The fourth-order valence-corrected chi connectivity index (χ4v) is 7.21. The van der Waals surface area contributed by atoms with Gasteiger partial charge in [0.15, 0.2) is 0 Å². The summed E-state index contributed by atoms with van der Waals surface area (Å²) in [6, 6.07) is 6.12. The van der Waals surface area contributed by atoms with Crippen LogP contribution in [-0.4, -0.2) is 100 Å². The predicted molar refractivity (Wildman–Crippen MR) is 170 cm³/mol. The van der Waals surface area contributed by atoms with Crippen molar-refractivity contribution >= 4 is 29.3 Å². The van der Waals surface area contributed by atoms with Crippen LogP contribution in [0.25, 0.3) is 0 Å². The van der Waals surface area contributed by atoms with Crippen LogP contribution in [0.2, 0.25) is 5.02 Å². The Morgan fingerprint density at radius 1 is 0.955 bits per heavy atom. The summed E-state index contributed by atoms with van der Waals surface area (Å²) >= 11 is 6.20. The van der Waals surface area contributed by atoms with E-state index in [-0.39, 0.29) is 67.4 Å². The summed E-state index contributed by atoms with van der Waals surface area (Å²) in [5.41, 5.74) is 0.121. The second-order valence-corrected chi connectivity index (χ2v) is 15.6. The van der Waals surface area contributed by atoms with E-state index in [1.54, 1.807) is 21.7 Å². The highest BCUT2D eigenvalue weighted by Gasteiger charge is 2.52. The van der Waals surface area contributed by atoms with Crippen molar-refractivity contribution in [2.75, 3.05) is 33.2 Å². The van der Waals surface area contributed by atoms with Gasteiger partial charge in [0.2, 0.25) is 23.6 Å². The van der Waals surface area contributed by atoms with Crippen molar-refractivity contribution in [1.29, 1.82) is 0 Å². The Bertz CT molecular complexity index is 1200. The minimum Gasteiger partial charge on any atom is -0.344 e. The largest absolute Gasteiger partial charge is 0.344 e. The zero-order valence-electron chi connectivity index (χ0n) is 27.7. The van der Waals surface area contributed by atoms with E-state index in [1.807, 2.05) is 52.0 Å². The fourth-order valence-electron chi connectivity index (χ4n) is 7.09. The third kappa shape index (κ3) is 7.41. The first-order valence-electron chi connectivity index (χ1n) is 16.1. The third-order valence-corrected chi connectivity index (χ3v) is 10.2. The zero-order valence-corrected chi connectivity index (χ0v) is 28.5. The van der Waals surface area contributed by atoms with Crippen molar-refractivity contribution in [2.45, 2.75) is 116 Å². The molecule has 4 atom stereocenters. The number of halogens is 3. The summed E-state index contributed by atoms with van der Waals surface area (Å²) in [6.45, 7) is 15.7. The second-order valence-electron chi connectivity index (χ2n) is 15.1. The Hall–Kier alpha value is -2.26. The molecule has 0 spiro atoms. The van der Waals surface area contributed by atoms with Gasteiger partial charge in [-0.2, -0.15) is 0 Å². The summed E-state index contributed by atoms with van der Waals surface area (Å²) in [5, 5.41) is 0.627. The lowest BCUT2D eigenvalue weighted by Crippen LogP contribution is -2.54. The quantitative estimate of drug-likeness (QED) is 0.381. The number of alkyl halides is 2. The minimum absolute atomic E-state index is 0.0921. The fraction of sp³-hybridized carbons (Fsp3) is 0.735. The summed E-state index contributed by atoms with van der Waals surface area (Å²) < 4.78 is 28.4. The van der Waals surface area contributed by atoms with Crippen LogP contribution in [0.1, 0.15) is 92.1 Å². The average molecular weight is 637 g/mol. The highest BCUT2D eigenvalue weighted by Crippen LogP contribution is 2.42. The zero-order chi connectivity index (χ0) is 32.8. The lowest BCUT2D eigenvalue weighted by atomic mass is 9.86. The predicted octanol–water partition coefficient (Wildman–Crippen LogP) is 6.05. The molecule has 3 fully saturated rings. The molecule has 246 valence electrons. The Kier molecular flexibility index (Phi) is 10.1. The van der Waals surface area contributed by atoms with Gasteiger partial charge in [0.1, 0.15) is 6.04 Å². The molecule has 1 saturated carbocycles. The van der Waals surface area contributed by atoms with Gasteiger partial charge in [-0.15, -0.1) is 0 Å². The molecular formula is C34H51ClF2N4O3. The van der Waals surface area contributed by atoms with E-state index >= 15 is 0 Å². The molecule has 3 aliphatic rings.